The van der Waals surface area contributed by atoms with Gasteiger partial charge in [-0.05, 0) is 43.3 Å². The first-order valence-corrected chi connectivity index (χ1v) is 9.04. The van der Waals surface area contributed by atoms with Crippen molar-refractivity contribution in [2.45, 2.75) is 6.92 Å². The number of halogens is 1. The summed E-state index contributed by atoms with van der Waals surface area (Å²) >= 11 is 6.05. The molecule has 0 aliphatic rings. The van der Waals surface area contributed by atoms with Crippen LogP contribution in [0.25, 0.3) is 17.1 Å². The van der Waals surface area contributed by atoms with Crippen molar-refractivity contribution in [1.29, 1.82) is 0 Å². The van der Waals surface area contributed by atoms with Crippen LogP contribution < -0.4 is 10.1 Å². The van der Waals surface area contributed by atoms with E-state index in [1.54, 1.807) is 18.1 Å². The van der Waals surface area contributed by atoms with Crippen LogP contribution in [-0.4, -0.2) is 31.4 Å². The summed E-state index contributed by atoms with van der Waals surface area (Å²) in [4.78, 5) is 8.88. The summed E-state index contributed by atoms with van der Waals surface area (Å²) in [5.41, 5.74) is 3.54. The Bertz CT molecular complexity index is 1130. The number of nitrogens with one attached hydrogen (secondary N) is 1. The summed E-state index contributed by atoms with van der Waals surface area (Å²) in [6, 6.07) is 13.3. The van der Waals surface area contributed by atoms with E-state index in [-0.39, 0.29) is 0 Å². The van der Waals surface area contributed by atoms with E-state index in [1.165, 1.54) is 0 Å². The molecule has 0 aliphatic carbocycles. The second kappa shape index (κ2) is 7.36. The Kier molecular flexibility index (Phi) is 4.75. The number of rotatable bonds is 5. The second-order valence-corrected chi connectivity index (χ2v) is 6.76. The van der Waals surface area contributed by atoms with Gasteiger partial charge in [0.1, 0.15) is 5.75 Å². The van der Waals surface area contributed by atoms with E-state index in [0.29, 0.717) is 22.5 Å². The molecule has 2 aromatic heterocycles. The van der Waals surface area contributed by atoms with Gasteiger partial charge in [-0.3, -0.25) is 0 Å². The molecule has 0 radical (unpaired) electrons. The Labute approximate surface area is 167 Å². The average Bonchev–Trinajstić information content (AvgIpc) is 3.27. The number of hydrogen-bond donors (Lipinski definition) is 1. The van der Waals surface area contributed by atoms with Crippen LogP contribution in [0.5, 0.6) is 5.75 Å². The highest BCUT2D eigenvalue weighted by Gasteiger charge is 2.13. The van der Waals surface area contributed by atoms with Gasteiger partial charge in [0.15, 0.2) is 5.82 Å². The molecule has 0 saturated heterocycles. The lowest BCUT2D eigenvalue weighted by molar-refractivity contribution is 0.413. The number of benzene rings is 2. The Hall–Kier alpha value is -3.32. The van der Waals surface area contributed by atoms with E-state index in [2.05, 4.69) is 20.4 Å². The molecule has 0 spiro atoms. The maximum atomic E-state index is 6.05. The molecule has 4 aromatic rings. The van der Waals surface area contributed by atoms with Gasteiger partial charge in [-0.15, -0.1) is 5.10 Å². The molecule has 0 amide bonds. The van der Waals surface area contributed by atoms with Crippen molar-refractivity contribution in [2.24, 2.45) is 7.05 Å². The third-order valence-corrected chi connectivity index (χ3v) is 4.51. The number of methoxy groups -OCH3 is 1. The molecule has 0 fully saturated rings. The molecule has 0 unspecified atom stereocenters. The molecule has 2 aromatic carbocycles. The number of imidazole rings is 1. The van der Waals surface area contributed by atoms with Crippen LogP contribution in [0.3, 0.4) is 0 Å². The molecular formula is C20H19ClN6O. The summed E-state index contributed by atoms with van der Waals surface area (Å²) in [6.07, 6.45) is 3.71. The Morgan fingerprint density at radius 3 is 2.71 bits per heavy atom. The smallest absolute Gasteiger partial charge is 0.225 e. The van der Waals surface area contributed by atoms with Gasteiger partial charge in [0, 0.05) is 29.5 Å². The van der Waals surface area contributed by atoms with E-state index in [4.69, 9.17) is 16.3 Å². The zero-order valence-electron chi connectivity index (χ0n) is 15.7. The number of ether oxygens (including phenoxy) is 1. The average molecular weight is 395 g/mol. The summed E-state index contributed by atoms with van der Waals surface area (Å²) < 4.78 is 9.19. The molecule has 1 N–H and O–H groups in total. The van der Waals surface area contributed by atoms with Crippen LogP contribution in [-0.2, 0) is 7.05 Å². The maximum Gasteiger partial charge on any atom is 0.225 e. The van der Waals surface area contributed by atoms with Gasteiger partial charge in [-0.25, -0.2) is 9.67 Å². The molecule has 28 heavy (non-hydrogen) atoms. The van der Waals surface area contributed by atoms with Crippen LogP contribution >= 0.6 is 11.6 Å². The predicted octanol–water partition coefficient (Wildman–Crippen LogP) is 4.38. The van der Waals surface area contributed by atoms with Gasteiger partial charge in [0.25, 0.3) is 0 Å². The molecule has 7 nitrogen and oxygen atoms in total. The minimum Gasteiger partial charge on any atom is -0.495 e. The van der Waals surface area contributed by atoms with Crippen LogP contribution in [0.1, 0.15) is 5.69 Å². The Morgan fingerprint density at radius 1 is 1.14 bits per heavy atom. The van der Waals surface area contributed by atoms with E-state index in [1.807, 2.05) is 67.2 Å². The fraction of sp³-hybridized carbons (Fsp3) is 0.150. The lowest BCUT2D eigenvalue weighted by Crippen LogP contribution is -1.99. The number of hydrogen-bond acceptors (Lipinski definition) is 5. The quantitative estimate of drug-likeness (QED) is 0.544. The molecule has 4 rings (SSSR count). The Balaban J connectivity index is 1.66. The van der Waals surface area contributed by atoms with Crippen LogP contribution in [0.2, 0.25) is 5.02 Å². The molecular weight excluding hydrogens is 376 g/mol. The minimum absolute atomic E-state index is 0.596. The summed E-state index contributed by atoms with van der Waals surface area (Å²) in [5, 5.41) is 8.40. The zero-order valence-corrected chi connectivity index (χ0v) is 16.5. The van der Waals surface area contributed by atoms with Crippen molar-refractivity contribution < 1.29 is 4.74 Å². The van der Waals surface area contributed by atoms with Crippen molar-refractivity contribution in [3.63, 3.8) is 0 Å². The van der Waals surface area contributed by atoms with Crippen molar-refractivity contribution in [3.05, 3.63) is 65.7 Å². The lowest BCUT2D eigenvalue weighted by Gasteiger charge is -2.10. The van der Waals surface area contributed by atoms with Gasteiger partial charge >= 0.3 is 0 Å². The fourth-order valence-electron chi connectivity index (χ4n) is 2.89. The third kappa shape index (κ3) is 3.57. The van der Waals surface area contributed by atoms with Gasteiger partial charge < -0.3 is 14.6 Å². The van der Waals surface area contributed by atoms with Crippen molar-refractivity contribution in [2.75, 3.05) is 12.4 Å². The largest absolute Gasteiger partial charge is 0.495 e. The van der Waals surface area contributed by atoms with Crippen LogP contribution in [0, 0.1) is 6.92 Å². The normalized spacial score (nSPS) is 10.9. The van der Waals surface area contributed by atoms with Crippen molar-refractivity contribution in [1.82, 2.24) is 24.3 Å². The summed E-state index contributed by atoms with van der Waals surface area (Å²) in [5.74, 6) is 1.93. The monoisotopic (exact) mass is 394 g/mol. The second-order valence-electron chi connectivity index (χ2n) is 6.33. The van der Waals surface area contributed by atoms with Crippen LogP contribution in [0.15, 0.2) is 55.0 Å². The molecule has 0 saturated carbocycles. The summed E-state index contributed by atoms with van der Waals surface area (Å²) in [6.45, 7) is 1.95. The van der Waals surface area contributed by atoms with Crippen molar-refractivity contribution in [3.8, 4) is 22.8 Å². The topological polar surface area (TPSA) is 69.8 Å². The van der Waals surface area contributed by atoms with Gasteiger partial charge in [-0.2, -0.15) is 4.98 Å². The highest BCUT2D eigenvalue weighted by molar-refractivity contribution is 6.30. The first-order valence-electron chi connectivity index (χ1n) is 8.66. The molecule has 0 bridgehead atoms. The third-order valence-electron chi connectivity index (χ3n) is 4.27. The minimum atomic E-state index is 0.596. The molecule has 8 heteroatoms. The summed E-state index contributed by atoms with van der Waals surface area (Å²) in [7, 11) is 3.48. The standard InChI is InChI=1S/C20H19ClN6O/c1-13-11-27(12-22-13)17-8-7-14(9-18(17)28-3)19-24-20(26(2)25-19)23-16-6-4-5-15(21)10-16/h4-12H,1-3H3,(H,23,24,25). The van der Waals surface area contributed by atoms with E-state index >= 15 is 0 Å². The fourth-order valence-corrected chi connectivity index (χ4v) is 3.08. The van der Waals surface area contributed by atoms with Gasteiger partial charge in [0.05, 0.1) is 24.8 Å². The van der Waals surface area contributed by atoms with Crippen molar-refractivity contribution >= 4 is 23.2 Å². The number of anilines is 2. The molecule has 2 heterocycles. The molecule has 0 aliphatic heterocycles. The first-order chi connectivity index (χ1) is 13.5. The number of nitrogens with zero attached hydrogens (tertiary/aromatic N) is 5. The highest BCUT2D eigenvalue weighted by atomic mass is 35.5. The lowest BCUT2D eigenvalue weighted by atomic mass is 10.1. The zero-order chi connectivity index (χ0) is 19.7. The van der Waals surface area contributed by atoms with E-state index in [0.717, 1.165) is 22.6 Å². The first kappa shape index (κ1) is 18.1. The molecule has 142 valence electrons. The number of aryl methyl sites for hydroxylation is 2. The van der Waals surface area contributed by atoms with E-state index < -0.39 is 0 Å². The SMILES string of the molecule is COc1cc(-c2nc(Nc3cccc(Cl)c3)n(C)n2)ccc1-n1cnc(C)c1. The highest BCUT2D eigenvalue weighted by Crippen LogP contribution is 2.29. The Morgan fingerprint density at radius 2 is 2.00 bits per heavy atom. The maximum absolute atomic E-state index is 6.05. The predicted molar refractivity (Wildman–Crippen MR) is 110 cm³/mol. The van der Waals surface area contributed by atoms with Gasteiger partial charge in [0.2, 0.25) is 5.95 Å². The van der Waals surface area contributed by atoms with E-state index in [9.17, 15) is 0 Å². The molecule has 0 atom stereocenters. The van der Waals surface area contributed by atoms with Crippen LogP contribution in [0.4, 0.5) is 11.6 Å². The van der Waals surface area contributed by atoms with Gasteiger partial charge in [-0.1, -0.05) is 17.7 Å². The number of aromatic nitrogens is 5.